The van der Waals surface area contributed by atoms with Crippen molar-refractivity contribution in [2.45, 2.75) is 40.0 Å². The lowest BCUT2D eigenvalue weighted by atomic mass is 10.1. The first-order valence-corrected chi connectivity index (χ1v) is 10.0. The fourth-order valence-corrected chi connectivity index (χ4v) is 3.05. The highest BCUT2D eigenvalue weighted by molar-refractivity contribution is 5.96. The molecule has 3 aromatic rings. The van der Waals surface area contributed by atoms with Gasteiger partial charge in [-0.05, 0) is 57.0 Å². The predicted octanol–water partition coefficient (Wildman–Crippen LogP) is 4.04. The Balaban J connectivity index is 1.74. The number of halogens is 3. The summed E-state index contributed by atoms with van der Waals surface area (Å²) in [6, 6.07) is 11.6. The van der Waals surface area contributed by atoms with Crippen molar-refractivity contribution in [1.29, 1.82) is 0 Å². The van der Waals surface area contributed by atoms with Gasteiger partial charge in [0.15, 0.2) is 11.8 Å². The van der Waals surface area contributed by atoms with Crippen LogP contribution in [-0.2, 0) is 11.0 Å². The average molecular weight is 460 g/mol. The van der Waals surface area contributed by atoms with E-state index in [1.54, 1.807) is 31.2 Å². The van der Waals surface area contributed by atoms with Gasteiger partial charge in [0.05, 0.1) is 17.4 Å². The number of carbonyl (C=O) groups excluding carboxylic acids is 2. The number of nitrogens with one attached hydrogen (secondary N) is 2. The average Bonchev–Trinajstić information content (AvgIpc) is 3.21. The van der Waals surface area contributed by atoms with Gasteiger partial charge >= 0.3 is 6.18 Å². The standard InChI is InChI=1S/C23H23F3N4O3/c1-13-8-10-17(11-9-13)30-20(23(24,25)26)18(12-27-30)22(32)29-28-21(31)16(4)33-19-7-5-6-14(2)15(19)3/h5-12,16H,1-4H3,(H,28,31)(H,29,32). The van der Waals surface area contributed by atoms with Crippen LogP contribution in [0, 0.1) is 20.8 Å². The zero-order valence-electron chi connectivity index (χ0n) is 18.4. The van der Waals surface area contributed by atoms with Crippen LogP contribution in [0.15, 0.2) is 48.7 Å². The number of hydrogen-bond acceptors (Lipinski definition) is 4. The summed E-state index contributed by atoms with van der Waals surface area (Å²) >= 11 is 0. The van der Waals surface area contributed by atoms with Gasteiger partial charge in [-0.15, -0.1) is 0 Å². The number of carbonyl (C=O) groups is 2. The van der Waals surface area contributed by atoms with Crippen molar-refractivity contribution in [2.24, 2.45) is 0 Å². The normalized spacial score (nSPS) is 12.2. The Hall–Kier alpha value is -3.82. The number of hydrazine groups is 1. The molecule has 2 amide bonds. The molecule has 0 radical (unpaired) electrons. The van der Waals surface area contributed by atoms with Crippen LogP contribution in [0.5, 0.6) is 5.75 Å². The van der Waals surface area contributed by atoms with Crippen LogP contribution in [0.2, 0.25) is 0 Å². The Morgan fingerprint density at radius 2 is 1.70 bits per heavy atom. The molecule has 7 nitrogen and oxygen atoms in total. The summed E-state index contributed by atoms with van der Waals surface area (Å²) in [5.74, 6) is -1.40. The molecule has 0 aliphatic rings. The number of aromatic nitrogens is 2. The first kappa shape index (κ1) is 23.8. The summed E-state index contributed by atoms with van der Waals surface area (Å²) in [4.78, 5) is 24.8. The van der Waals surface area contributed by atoms with E-state index in [4.69, 9.17) is 4.74 Å². The van der Waals surface area contributed by atoms with Crippen molar-refractivity contribution in [2.75, 3.05) is 0 Å². The van der Waals surface area contributed by atoms with E-state index in [1.165, 1.54) is 19.1 Å². The largest absolute Gasteiger partial charge is 0.481 e. The number of benzene rings is 2. The summed E-state index contributed by atoms with van der Waals surface area (Å²) in [6.45, 7) is 6.98. The number of hydrogen-bond donors (Lipinski definition) is 2. The molecular formula is C23H23F3N4O3. The van der Waals surface area contributed by atoms with Crippen LogP contribution < -0.4 is 15.6 Å². The Labute approximate surface area is 188 Å². The molecule has 1 aromatic heterocycles. The Bertz CT molecular complexity index is 1170. The summed E-state index contributed by atoms with van der Waals surface area (Å²) < 4.78 is 47.5. The smallest absolute Gasteiger partial charge is 0.434 e. The van der Waals surface area contributed by atoms with Gasteiger partial charge in [-0.2, -0.15) is 18.3 Å². The van der Waals surface area contributed by atoms with E-state index in [1.807, 2.05) is 25.3 Å². The molecule has 1 unspecified atom stereocenters. The van der Waals surface area contributed by atoms with Crippen LogP contribution in [0.25, 0.3) is 5.69 Å². The molecule has 1 heterocycles. The molecule has 0 fully saturated rings. The van der Waals surface area contributed by atoms with Crippen LogP contribution in [-0.4, -0.2) is 27.7 Å². The lowest BCUT2D eigenvalue weighted by Crippen LogP contribution is -2.47. The monoisotopic (exact) mass is 460 g/mol. The second-order valence-corrected chi connectivity index (χ2v) is 7.55. The van der Waals surface area contributed by atoms with Crippen LogP contribution in [0.4, 0.5) is 13.2 Å². The summed E-state index contributed by atoms with van der Waals surface area (Å²) in [5.41, 5.74) is 4.95. The van der Waals surface area contributed by atoms with E-state index in [-0.39, 0.29) is 5.69 Å². The van der Waals surface area contributed by atoms with Gasteiger partial charge in [0.25, 0.3) is 11.8 Å². The number of nitrogens with zero attached hydrogens (tertiary/aromatic N) is 2. The molecule has 0 aliphatic heterocycles. The molecule has 0 spiro atoms. The van der Waals surface area contributed by atoms with E-state index < -0.39 is 35.4 Å². The zero-order chi connectivity index (χ0) is 24.3. The summed E-state index contributed by atoms with van der Waals surface area (Å²) in [6.07, 6.45) is -5.07. The minimum atomic E-state index is -4.86. The second kappa shape index (κ2) is 9.35. The van der Waals surface area contributed by atoms with Crippen molar-refractivity contribution in [3.05, 3.63) is 76.6 Å². The molecule has 1 atom stereocenters. The highest BCUT2D eigenvalue weighted by Gasteiger charge is 2.40. The van der Waals surface area contributed by atoms with Gasteiger partial charge in [-0.25, -0.2) is 4.68 Å². The molecule has 3 rings (SSSR count). The number of amides is 2. The minimum absolute atomic E-state index is 0.145. The molecule has 0 aliphatic carbocycles. The number of alkyl halides is 3. The lowest BCUT2D eigenvalue weighted by molar-refractivity contribution is -0.143. The molecule has 0 saturated carbocycles. The Morgan fingerprint density at radius 1 is 1.03 bits per heavy atom. The van der Waals surface area contributed by atoms with Crippen LogP contribution >= 0.6 is 0 Å². The van der Waals surface area contributed by atoms with Gasteiger partial charge in [0.1, 0.15) is 5.75 Å². The Kier molecular flexibility index (Phi) is 6.75. The second-order valence-electron chi connectivity index (χ2n) is 7.55. The van der Waals surface area contributed by atoms with E-state index in [0.717, 1.165) is 22.9 Å². The number of ether oxygens (including phenoxy) is 1. The molecule has 174 valence electrons. The maximum Gasteiger partial charge on any atom is 0.434 e. The third-order valence-corrected chi connectivity index (χ3v) is 5.09. The van der Waals surface area contributed by atoms with E-state index >= 15 is 0 Å². The SMILES string of the molecule is Cc1ccc(-n2ncc(C(=O)NNC(=O)C(C)Oc3cccc(C)c3C)c2C(F)(F)F)cc1. The van der Waals surface area contributed by atoms with Crippen molar-refractivity contribution in [3.8, 4) is 11.4 Å². The molecule has 0 bridgehead atoms. The highest BCUT2D eigenvalue weighted by Crippen LogP contribution is 2.33. The maximum absolute atomic E-state index is 13.8. The lowest BCUT2D eigenvalue weighted by Gasteiger charge is -2.17. The number of rotatable bonds is 5. The van der Waals surface area contributed by atoms with Crippen molar-refractivity contribution in [3.63, 3.8) is 0 Å². The summed E-state index contributed by atoms with van der Waals surface area (Å²) in [5, 5.41) is 3.74. The number of aryl methyl sites for hydroxylation is 2. The third kappa shape index (κ3) is 5.33. The summed E-state index contributed by atoms with van der Waals surface area (Å²) in [7, 11) is 0. The van der Waals surface area contributed by atoms with Gasteiger partial charge in [-0.1, -0.05) is 29.8 Å². The quantitative estimate of drug-likeness (QED) is 0.563. The first-order valence-electron chi connectivity index (χ1n) is 10.0. The fourth-order valence-electron chi connectivity index (χ4n) is 3.05. The van der Waals surface area contributed by atoms with E-state index in [9.17, 15) is 22.8 Å². The predicted molar refractivity (Wildman–Crippen MR) is 115 cm³/mol. The molecular weight excluding hydrogens is 437 g/mol. The van der Waals surface area contributed by atoms with Crippen molar-refractivity contribution >= 4 is 11.8 Å². The first-order chi connectivity index (χ1) is 15.5. The van der Waals surface area contributed by atoms with Crippen LogP contribution in [0.1, 0.15) is 39.7 Å². The fraction of sp³-hybridized carbons (Fsp3) is 0.261. The topological polar surface area (TPSA) is 85.3 Å². The zero-order valence-corrected chi connectivity index (χ0v) is 18.4. The van der Waals surface area contributed by atoms with Crippen molar-refractivity contribution < 1.29 is 27.5 Å². The third-order valence-electron chi connectivity index (χ3n) is 5.09. The molecule has 2 N–H and O–H groups in total. The molecule has 2 aromatic carbocycles. The van der Waals surface area contributed by atoms with Crippen molar-refractivity contribution in [1.82, 2.24) is 20.6 Å². The minimum Gasteiger partial charge on any atom is -0.481 e. The molecule has 10 heteroatoms. The molecule has 33 heavy (non-hydrogen) atoms. The molecule has 0 saturated heterocycles. The van der Waals surface area contributed by atoms with E-state index in [2.05, 4.69) is 10.5 Å². The van der Waals surface area contributed by atoms with Gasteiger partial charge in [0, 0.05) is 0 Å². The van der Waals surface area contributed by atoms with Gasteiger partial charge in [-0.3, -0.25) is 20.4 Å². The van der Waals surface area contributed by atoms with Gasteiger partial charge < -0.3 is 4.74 Å². The van der Waals surface area contributed by atoms with Gasteiger partial charge in [0.2, 0.25) is 0 Å². The maximum atomic E-state index is 13.8. The highest BCUT2D eigenvalue weighted by atomic mass is 19.4. The Morgan fingerprint density at radius 3 is 2.33 bits per heavy atom. The van der Waals surface area contributed by atoms with Crippen LogP contribution in [0.3, 0.4) is 0 Å². The van der Waals surface area contributed by atoms with E-state index in [0.29, 0.717) is 10.4 Å².